The number of hydrogen-bond acceptors (Lipinski definition) is 8. The minimum atomic E-state index is -0.657. The molecule has 0 bridgehead atoms. The van der Waals surface area contributed by atoms with Gasteiger partial charge in [0.15, 0.2) is 12.5 Å². The second-order valence-corrected chi connectivity index (χ2v) is 11.7. The van der Waals surface area contributed by atoms with Gasteiger partial charge in [-0.3, -0.25) is 9.59 Å². The van der Waals surface area contributed by atoms with Crippen molar-refractivity contribution in [1.29, 1.82) is 0 Å². The van der Waals surface area contributed by atoms with Gasteiger partial charge in [-0.2, -0.15) is 0 Å². The van der Waals surface area contributed by atoms with Gasteiger partial charge in [0, 0.05) is 49.2 Å². The Hall–Kier alpha value is -4.00. The lowest BCUT2D eigenvalue weighted by molar-refractivity contribution is -0.129. The minimum absolute atomic E-state index is 0.00278. The van der Waals surface area contributed by atoms with Crippen molar-refractivity contribution in [2.75, 3.05) is 39.7 Å². The summed E-state index contributed by atoms with van der Waals surface area (Å²) >= 11 is 6.99. The zero-order valence-electron chi connectivity index (χ0n) is 25.3. The van der Waals surface area contributed by atoms with Crippen LogP contribution in [0, 0.1) is 12.7 Å². The molecule has 236 valence electrons. The number of amides is 2. The number of nitrogens with one attached hydrogen (secondary N) is 2. The lowest BCUT2D eigenvalue weighted by atomic mass is 9.94. The number of aliphatic hydroxyl groups is 1. The maximum Gasteiger partial charge on any atom is 0.262 e. The average Bonchev–Trinajstić information content (AvgIpc) is 3.74. The SMILES string of the molecule is COc1cc(-c2cccc(-c3cccc(NC(=O)C4=CN(C)C5OC5N(C)C4=O)c3C)c2Cl)cc(F)c1CN[C@@H]1COC[C@@H]1O. The minimum Gasteiger partial charge on any atom is -0.496 e. The molecule has 0 saturated carbocycles. The number of nitrogens with zero attached hydrogens (tertiary/aromatic N) is 2. The monoisotopic (exact) mass is 636 g/mol. The molecule has 4 atom stereocenters. The van der Waals surface area contributed by atoms with Gasteiger partial charge in [-0.05, 0) is 41.8 Å². The Bertz CT molecular complexity index is 1700. The molecule has 2 fully saturated rings. The van der Waals surface area contributed by atoms with Crippen molar-refractivity contribution in [3.05, 3.63) is 82.3 Å². The molecule has 0 spiro atoms. The first-order valence-electron chi connectivity index (χ1n) is 14.5. The Kier molecular flexibility index (Phi) is 8.55. The molecular weight excluding hydrogens is 603 g/mol. The molecule has 45 heavy (non-hydrogen) atoms. The molecule has 0 aliphatic carbocycles. The van der Waals surface area contributed by atoms with Gasteiger partial charge in [-0.25, -0.2) is 4.39 Å². The molecule has 0 aromatic heterocycles. The van der Waals surface area contributed by atoms with E-state index in [-0.39, 0.29) is 37.2 Å². The number of carbonyl (C=O) groups is 2. The highest BCUT2D eigenvalue weighted by Gasteiger charge is 2.50. The molecular formula is C33H34ClFN4O6. The highest BCUT2D eigenvalue weighted by atomic mass is 35.5. The Labute approximate surface area is 265 Å². The molecule has 12 heteroatoms. The topological polar surface area (TPSA) is 116 Å². The maximum absolute atomic E-state index is 15.5. The summed E-state index contributed by atoms with van der Waals surface area (Å²) in [4.78, 5) is 29.4. The van der Waals surface area contributed by atoms with E-state index < -0.39 is 23.7 Å². The van der Waals surface area contributed by atoms with Gasteiger partial charge in [-0.15, -0.1) is 0 Å². The Morgan fingerprint density at radius 2 is 1.84 bits per heavy atom. The van der Waals surface area contributed by atoms with Crippen LogP contribution in [0.1, 0.15) is 11.1 Å². The van der Waals surface area contributed by atoms with Crippen LogP contribution in [0.4, 0.5) is 10.1 Å². The smallest absolute Gasteiger partial charge is 0.262 e. The molecule has 3 N–H and O–H groups in total. The summed E-state index contributed by atoms with van der Waals surface area (Å²) in [5.41, 5.74) is 4.16. The van der Waals surface area contributed by atoms with E-state index in [2.05, 4.69) is 10.6 Å². The summed E-state index contributed by atoms with van der Waals surface area (Å²) in [7, 11) is 4.84. The molecule has 3 aliphatic heterocycles. The third kappa shape index (κ3) is 5.89. The van der Waals surface area contributed by atoms with Crippen LogP contribution in [0.5, 0.6) is 5.75 Å². The van der Waals surface area contributed by atoms with Crippen molar-refractivity contribution in [2.45, 2.75) is 38.1 Å². The number of fused-ring (bicyclic) bond motifs is 1. The zero-order chi connectivity index (χ0) is 32.0. The van der Waals surface area contributed by atoms with Crippen LogP contribution in [0.3, 0.4) is 0 Å². The predicted octanol–water partition coefficient (Wildman–Crippen LogP) is 3.89. The van der Waals surface area contributed by atoms with Crippen LogP contribution in [0.2, 0.25) is 5.02 Å². The molecule has 6 rings (SSSR count). The third-order valence-electron chi connectivity index (χ3n) is 8.51. The summed E-state index contributed by atoms with van der Waals surface area (Å²) in [5.74, 6) is -1.10. The number of methoxy groups -OCH3 is 1. The first-order valence-corrected chi connectivity index (χ1v) is 14.9. The molecule has 2 saturated heterocycles. The van der Waals surface area contributed by atoms with Crippen molar-refractivity contribution in [3.8, 4) is 28.0 Å². The van der Waals surface area contributed by atoms with Crippen molar-refractivity contribution in [1.82, 2.24) is 15.1 Å². The molecule has 0 radical (unpaired) electrons. The predicted molar refractivity (Wildman–Crippen MR) is 167 cm³/mol. The Balaban J connectivity index is 1.27. The molecule has 3 aromatic rings. The largest absolute Gasteiger partial charge is 0.496 e. The fourth-order valence-electron chi connectivity index (χ4n) is 5.78. The van der Waals surface area contributed by atoms with Crippen LogP contribution in [-0.2, 0) is 25.6 Å². The van der Waals surface area contributed by atoms with Gasteiger partial charge >= 0.3 is 0 Å². The second-order valence-electron chi connectivity index (χ2n) is 11.4. The van der Waals surface area contributed by atoms with Crippen LogP contribution in [0.15, 0.2) is 60.3 Å². The van der Waals surface area contributed by atoms with Gasteiger partial charge in [0.1, 0.15) is 17.1 Å². The fraction of sp³-hybridized carbons (Fsp3) is 0.333. The number of halogens is 2. The second kappa shape index (κ2) is 12.4. The zero-order valence-corrected chi connectivity index (χ0v) is 26.0. The molecule has 10 nitrogen and oxygen atoms in total. The lowest BCUT2D eigenvalue weighted by Gasteiger charge is -2.19. The summed E-state index contributed by atoms with van der Waals surface area (Å²) in [6, 6.07) is 13.8. The van der Waals surface area contributed by atoms with E-state index in [1.165, 1.54) is 24.3 Å². The Morgan fingerprint density at radius 3 is 2.58 bits per heavy atom. The van der Waals surface area contributed by atoms with Crippen molar-refractivity contribution in [2.24, 2.45) is 0 Å². The highest BCUT2D eigenvalue weighted by molar-refractivity contribution is 6.36. The highest BCUT2D eigenvalue weighted by Crippen LogP contribution is 2.41. The number of hydrogen-bond donors (Lipinski definition) is 3. The molecule has 2 amide bonds. The van der Waals surface area contributed by atoms with Crippen LogP contribution in [0.25, 0.3) is 22.3 Å². The van der Waals surface area contributed by atoms with E-state index in [0.717, 1.165) is 11.1 Å². The van der Waals surface area contributed by atoms with E-state index in [0.29, 0.717) is 45.3 Å². The number of anilines is 1. The fourth-order valence-corrected chi connectivity index (χ4v) is 6.11. The molecule has 3 heterocycles. The third-order valence-corrected chi connectivity index (χ3v) is 8.91. The van der Waals surface area contributed by atoms with E-state index in [1.807, 2.05) is 25.1 Å². The summed E-state index contributed by atoms with van der Waals surface area (Å²) < 4.78 is 31.8. The molecule has 3 aliphatic rings. The number of rotatable bonds is 8. The van der Waals surface area contributed by atoms with Crippen molar-refractivity contribution < 1.29 is 33.3 Å². The van der Waals surface area contributed by atoms with Gasteiger partial charge in [0.25, 0.3) is 11.8 Å². The molecule has 2 unspecified atom stereocenters. The quantitative estimate of drug-likeness (QED) is 0.252. The van der Waals surface area contributed by atoms with Crippen LogP contribution in [-0.4, -0.2) is 85.7 Å². The first-order chi connectivity index (χ1) is 21.6. The van der Waals surface area contributed by atoms with Gasteiger partial charge in [0.05, 0.1) is 37.5 Å². The van der Waals surface area contributed by atoms with E-state index >= 15 is 4.39 Å². The first kappa shape index (κ1) is 31.0. The number of carbonyl (C=O) groups excluding carboxylic acids is 2. The standard InChI is InChI=1S/C33H34ClFN4O6/c1-17-19(7-6-10-25(17)37-30(41)23-14-38(2)32-33(45-32)39(3)31(23)42)21-9-5-8-20(29(21)34)18-11-24(35)22(28(12-18)43-4)13-36-26-15-44-16-27(26)40/h5-12,14,26-27,32-33,36,40H,13,15-16H2,1-4H3,(H,37,41)/t26-,27+,32?,33?/m1/s1. The van der Waals surface area contributed by atoms with E-state index in [9.17, 15) is 14.7 Å². The lowest BCUT2D eigenvalue weighted by Crippen LogP contribution is -2.38. The maximum atomic E-state index is 15.5. The van der Waals surface area contributed by atoms with E-state index in [1.54, 1.807) is 43.3 Å². The van der Waals surface area contributed by atoms with Crippen molar-refractivity contribution in [3.63, 3.8) is 0 Å². The number of ether oxygens (including phenoxy) is 3. The van der Waals surface area contributed by atoms with Crippen molar-refractivity contribution >= 4 is 29.1 Å². The number of epoxide rings is 1. The number of benzene rings is 3. The van der Waals surface area contributed by atoms with Crippen LogP contribution >= 0.6 is 11.6 Å². The number of likely N-dealkylation sites (N-methyl/N-ethyl adjacent to an activating group) is 2. The molecule has 3 aromatic carbocycles. The normalized spacial score (nSPS) is 22.6. The Morgan fingerprint density at radius 1 is 1.11 bits per heavy atom. The van der Waals surface area contributed by atoms with Gasteiger partial charge in [-0.1, -0.05) is 41.9 Å². The number of aliphatic hydroxyl groups excluding tert-OH is 1. The van der Waals surface area contributed by atoms with Gasteiger partial charge < -0.3 is 39.8 Å². The van der Waals surface area contributed by atoms with Gasteiger partial charge in [0.2, 0.25) is 0 Å². The summed E-state index contributed by atoms with van der Waals surface area (Å²) in [6.45, 7) is 2.59. The summed E-state index contributed by atoms with van der Waals surface area (Å²) in [6.07, 6.45) is 0.194. The van der Waals surface area contributed by atoms with E-state index in [4.69, 9.17) is 25.8 Å². The summed E-state index contributed by atoms with van der Waals surface area (Å²) in [5, 5.41) is 16.4. The van der Waals surface area contributed by atoms with Crippen LogP contribution < -0.4 is 15.4 Å². The average molecular weight is 637 g/mol.